The lowest BCUT2D eigenvalue weighted by atomic mass is 9.86. The molecule has 0 fully saturated rings. The first-order chi connectivity index (χ1) is 13.6. The SMILES string of the molecule is CCNC(=O)C1CCc2[nH]c3ncnc(Nc4cc(F)ccc4OC)c3c2C1. The number of aromatic nitrogens is 3. The molecule has 1 aliphatic rings. The Bertz CT molecular complexity index is 1030. The van der Waals surface area contributed by atoms with Crippen LogP contribution in [0, 0.1) is 11.7 Å². The number of hydrogen-bond acceptors (Lipinski definition) is 5. The van der Waals surface area contributed by atoms with Gasteiger partial charge in [0.1, 0.15) is 29.4 Å². The normalized spacial score (nSPS) is 15.9. The van der Waals surface area contributed by atoms with E-state index in [2.05, 4.69) is 25.6 Å². The molecular formula is C20H22FN5O2. The molecule has 1 amide bonds. The number of rotatable bonds is 5. The van der Waals surface area contributed by atoms with Gasteiger partial charge in [-0.15, -0.1) is 0 Å². The number of carbonyl (C=O) groups is 1. The number of benzene rings is 1. The number of nitrogens with zero attached hydrogens (tertiary/aromatic N) is 2. The van der Waals surface area contributed by atoms with Gasteiger partial charge in [-0.3, -0.25) is 4.79 Å². The average molecular weight is 383 g/mol. The van der Waals surface area contributed by atoms with Crippen LogP contribution in [-0.4, -0.2) is 34.5 Å². The molecule has 1 aliphatic carbocycles. The van der Waals surface area contributed by atoms with Crippen LogP contribution in [0.15, 0.2) is 24.5 Å². The van der Waals surface area contributed by atoms with Gasteiger partial charge in [0.15, 0.2) is 0 Å². The van der Waals surface area contributed by atoms with Crippen molar-refractivity contribution in [2.24, 2.45) is 5.92 Å². The molecule has 0 saturated carbocycles. The molecule has 0 bridgehead atoms. The minimum Gasteiger partial charge on any atom is -0.495 e. The smallest absolute Gasteiger partial charge is 0.223 e. The third-order valence-corrected chi connectivity index (χ3v) is 5.11. The Morgan fingerprint density at radius 2 is 2.25 bits per heavy atom. The van der Waals surface area contributed by atoms with E-state index in [1.165, 1.54) is 25.6 Å². The fraction of sp³-hybridized carbons (Fsp3) is 0.350. The number of aryl methyl sites for hydroxylation is 1. The summed E-state index contributed by atoms with van der Waals surface area (Å²) in [7, 11) is 1.53. The van der Waals surface area contributed by atoms with Crippen molar-refractivity contribution in [2.75, 3.05) is 19.0 Å². The van der Waals surface area contributed by atoms with Gasteiger partial charge in [0.2, 0.25) is 5.91 Å². The number of aromatic amines is 1. The second-order valence-corrected chi connectivity index (χ2v) is 6.83. The van der Waals surface area contributed by atoms with Crippen LogP contribution in [0.3, 0.4) is 0 Å². The molecule has 1 atom stereocenters. The highest BCUT2D eigenvalue weighted by Gasteiger charge is 2.28. The molecule has 7 nitrogen and oxygen atoms in total. The van der Waals surface area contributed by atoms with Crippen molar-refractivity contribution in [1.82, 2.24) is 20.3 Å². The number of ether oxygens (including phenoxy) is 1. The van der Waals surface area contributed by atoms with E-state index in [0.29, 0.717) is 35.9 Å². The van der Waals surface area contributed by atoms with Crippen LogP contribution in [0.5, 0.6) is 5.75 Å². The number of halogens is 1. The summed E-state index contributed by atoms with van der Waals surface area (Å²) in [6.07, 6.45) is 3.64. The fourth-order valence-electron chi connectivity index (χ4n) is 3.78. The van der Waals surface area contributed by atoms with E-state index >= 15 is 0 Å². The average Bonchev–Trinajstić information content (AvgIpc) is 3.07. The molecule has 0 saturated heterocycles. The number of anilines is 2. The summed E-state index contributed by atoms with van der Waals surface area (Å²) in [5.41, 5.74) is 3.30. The number of carbonyl (C=O) groups excluding carboxylic acids is 1. The van der Waals surface area contributed by atoms with Gasteiger partial charge in [0, 0.05) is 24.2 Å². The van der Waals surface area contributed by atoms with Crippen molar-refractivity contribution >= 4 is 28.4 Å². The van der Waals surface area contributed by atoms with E-state index in [0.717, 1.165) is 29.5 Å². The summed E-state index contributed by atoms with van der Waals surface area (Å²) >= 11 is 0. The quantitative estimate of drug-likeness (QED) is 0.630. The van der Waals surface area contributed by atoms with Crippen molar-refractivity contribution < 1.29 is 13.9 Å². The number of fused-ring (bicyclic) bond motifs is 3. The number of methoxy groups -OCH3 is 1. The molecule has 28 heavy (non-hydrogen) atoms. The fourth-order valence-corrected chi connectivity index (χ4v) is 3.78. The zero-order valence-electron chi connectivity index (χ0n) is 15.8. The van der Waals surface area contributed by atoms with Crippen LogP contribution in [0.4, 0.5) is 15.9 Å². The predicted molar refractivity (Wildman–Crippen MR) is 104 cm³/mol. The Labute approximate surface area is 161 Å². The van der Waals surface area contributed by atoms with Gasteiger partial charge in [-0.1, -0.05) is 0 Å². The van der Waals surface area contributed by atoms with Gasteiger partial charge in [0.25, 0.3) is 0 Å². The molecule has 0 radical (unpaired) electrons. The molecule has 146 valence electrons. The van der Waals surface area contributed by atoms with E-state index in [1.807, 2.05) is 6.92 Å². The number of nitrogens with one attached hydrogen (secondary N) is 3. The molecule has 1 aromatic carbocycles. The lowest BCUT2D eigenvalue weighted by Crippen LogP contribution is -2.33. The Kier molecular flexibility index (Phi) is 4.85. The van der Waals surface area contributed by atoms with E-state index in [4.69, 9.17) is 4.74 Å². The lowest BCUT2D eigenvalue weighted by molar-refractivity contribution is -0.125. The summed E-state index contributed by atoms with van der Waals surface area (Å²) in [5.74, 6) is 0.686. The first-order valence-corrected chi connectivity index (χ1v) is 9.33. The van der Waals surface area contributed by atoms with E-state index in [9.17, 15) is 9.18 Å². The van der Waals surface area contributed by atoms with Crippen LogP contribution >= 0.6 is 0 Å². The van der Waals surface area contributed by atoms with E-state index in [1.54, 1.807) is 6.07 Å². The van der Waals surface area contributed by atoms with Crippen molar-refractivity contribution in [3.05, 3.63) is 41.6 Å². The molecule has 2 aromatic heterocycles. The largest absolute Gasteiger partial charge is 0.495 e. The van der Waals surface area contributed by atoms with Gasteiger partial charge in [-0.2, -0.15) is 0 Å². The van der Waals surface area contributed by atoms with Crippen LogP contribution in [-0.2, 0) is 17.6 Å². The van der Waals surface area contributed by atoms with Crippen molar-refractivity contribution in [3.8, 4) is 5.75 Å². The third kappa shape index (κ3) is 3.26. The Hall–Kier alpha value is -3.16. The zero-order valence-corrected chi connectivity index (χ0v) is 15.8. The van der Waals surface area contributed by atoms with Gasteiger partial charge in [-0.25, -0.2) is 14.4 Å². The molecule has 2 heterocycles. The molecule has 4 rings (SSSR count). The monoisotopic (exact) mass is 383 g/mol. The van der Waals surface area contributed by atoms with E-state index in [-0.39, 0.29) is 17.6 Å². The van der Waals surface area contributed by atoms with Gasteiger partial charge >= 0.3 is 0 Å². The Morgan fingerprint density at radius 3 is 3.04 bits per heavy atom. The second-order valence-electron chi connectivity index (χ2n) is 6.83. The van der Waals surface area contributed by atoms with Crippen molar-refractivity contribution in [2.45, 2.75) is 26.2 Å². The van der Waals surface area contributed by atoms with Gasteiger partial charge in [-0.05, 0) is 43.9 Å². The highest BCUT2D eigenvalue weighted by molar-refractivity contribution is 5.94. The Balaban J connectivity index is 1.74. The molecular weight excluding hydrogens is 361 g/mol. The topological polar surface area (TPSA) is 91.9 Å². The van der Waals surface area contributed by atoms with Crippen molar-refractivity contribution in [3.63, 3.8) is 0 Å². The maximum Gasteiger partial charge on any atom is 0.223 e. The molecule has 3 aromatic rings. The standard InChI is InChI=1S/C20H22FN5O2/c1-3-22-20(27)11-4-6-14-13(8-11)17-18(25-14)23-10-24-19(17)26-15-9-12(21)5-7-16(15)28-2/h5,7,9-11H,3-4,6,8H2,1-2H3,(H,22,27)(H2,23,24,25,26). The maximum atomic E-state index is 13.7. The minimum absolute atomic E-state index is 0.0701. The molecule has 8 heteroatoms. The minimum atomic E-state index is -0.374. The maximum absolute atomic E-state index is 13.7. The second kappa shape index (κ2) is 7.46. The number of H-pyrrole nitrogens is 1. The highest BCUT2D eigenvalue weighted by atomic mass is 19.1. The van der Waals surface area contributed by atoms with Crippen LogP contribution in [0.25, 0.3) is 11.0 Å². The summed E-state index contributed by atoms with van der Waals surface area (Å²) in [6.45, 7) is 2.53. The third-order valence-electron chi connectivity index (χ3n) is 5.11. The first kappa shape index (κ1) is 18.2. The summed E-state index contributed by atoms with van der Waals surface area (Å²) in [4.78, 5) is 24.4. The van der Waals surface area contributed by atoms with Gasteiger partial charge < -0.3 is 20.4 Å². The molecule has 3 N–H and O–H groups in total. The van der Waals surface area contributed by atoms with Crippen LogP contribution in [0.1, 0.15) is 24.6 Å². The molecule has 0 spiro atoms. The van der Waals surface area contributed by atoms with Crippen LogP contribution in [0.2, 0.25) is 0 Å². The Morgan fingerprint density at radius 1 is 1.39 bits per heavy atom. The highest BCUT2D eigenvalue weighted by Crippen LogP contribution is 2.36. The van der Waals surface area contributed by atoms with Gasteiger partial charge in [0.05, 0.1) is 18.2 Å². The summed E-state index contributed by atoms with van der Waals surface area (Å²) in [6, 6.07) is 4.27. The summed E-state index contributed by atoms with van der Waals surface area (Å²) < 4.78 is 19.1. The van der Waals surface area contributed by atoms with Crippen molar-refractivity contribution in [1.29, 1.82) is 0 Å². The lowest BCUT2D eigenvalue weighted by Gasteiger charge is -2.21. The summed E-state index contributed by atoms with van der Waals surface area (Å²) in [5, 5.41) is 6.92. The number of hydrogen-bond donors (Lipinski definition) is 3. The number of amides is 1. The molecule has 1 unspecified atom stereocenters. The van der Waals surface area contributed by atoms with Crippen LogP contribution < -0.4 is 15.4 Å². The zero-order chi connectivity index (χ0) is 19.7. The predicted octanol–water partition coefficient (Wildman–Crippen LogP) is 3.09. The molecule has 0 aliphatic heterocycles. The van der Waals surface area contributed by atoms with E-state index < -0.39 is 0 Å². The first-order valence-electron chi connectivity index (χ1n) is 9.33.